The summed E-state index contributed by atoms with van der Waals surface area (Å²) in [6.45, 7) is 0.743. The van der Waals surface area contributed by atoms with E-state index >= 15 is 0 Å². The molecule has 1 fully saturated rings. The van der Waals surface area contributed by atoms with E-state index in [1.807, 2.05) is 0 Å². The predicted octanol–water partition coefficient (Wildman–Crippen LogP) is 3.16. The van der Waals surface area contributed by atoms with Crippen molar-refractivity contribution in [3.8, 4) is 0 Å². The van der Waals surface area contributed by atoms with Gasteiger partial charge >= 0.3 is 0 Å². The minimum Gasteiger partial charge on any atom is -0.362 e. The van der Waals surface area contributed by atoms with Crippen molar-refractivity contribution >= 4 is 39.1 Å². The lowest BCUT2D eigenvalue weighted by Gasteiger charge is -2.22. The second-order valence-corrected chi connectivity index (χ2v) is 5.91. The Labute approximate surface area is 119 Å². The van der Waals surface area contributed by atoms with E-state index in [2.05, 4.69) is 4.98 Å². The van der Waals surface area contributed by atoms with Crippen molar-refractivity contribution in [2.75, 3.05) is 13.7 Å². The van der Waals surface area contributed by atoms with Crippen LogP contribution in [-0.2, 0) is 4.74 Å². The van der Waals surface area contributed by atoms with Crippen molar-refractivity contribution < 1.29 is 9.53 Å². The lowest BCUT2D eigenvalue weighted by Crippen LogP contribution is -2.36. The smallest absolute Gasteiger partial charge is 0.266 e. The molecule has 100 valence electrons. The number of thiophene rings is 1. The molecule has 0 N–H and O–H groups in total. The van der Waals surface area contributed by atoms with Crippen LogP contribution >= 0.6 is 22.9 Å². The maximum atomic E-state index is 12.5. The maximum absolute atomic E-state index is 12.5. The van der Waals surface area contributed by atoms with E-state index in [1.54, 1.807) is 30.3 Å². The highest BCUT2D eigenvalue weighted by molar-refractivity contribution is 7.21. The molecule has 19 heavy (non-hydrogen) atoms. The highest BCUT2D eigenvalue weighted by Gasteiger charge is 2.30. The molecule has 4 nitrogen and oxygen atoms in total. The first-order chi connectivity index (χ1) is 9.20. The number of pyridine rings is 1. The van der Waals surface area contributed by atoms with Crippen LogP contribution < -0.4 is 0 Å². The Morgan fingerprint density at radius 1 is 1.63 bits per heavy atom. The van der Waals surface area contributed by atoms with Gasteiger partial charge in [0.15, 0.2) is 0 Å². The van der Waals surface area contributed by atoms with E-state index in [1.165, 1.54) is 11.3 Å². The summed E-state index contributed by atoms with van der Waals surface area (Å²) < 4.78 is 6.19. The monoisotopic (exact) mass is 296 g/mol. The van der Waals surface area contributed by atoms with Gasteiger partial charge in [-0.2, -0.15) is 0 Å². The number of rotatable bonds is 2. The summed E-state index contributed by atoms with van der Waals surface area (Å²) in [6, 6.07) is 3.54. The normalized spacial score (nSPS) is 19.3. The van der Waals surface area contributed by atoms with Crippen molar-refractivity contribution in [2.24, 2.45) is 0 Å². The van der Waals surface area contributed by atoms with Crippen molar-refractivity contribution in [3.05, 3.63) is 28.2 Å². The van der Waals surface area contributed by atoms with Crippen LogP contribution in [0.2, 0.25) is 5.02 Å². The second-order valence-electron chi connectivity index (χ2n) is 4.45. The molecule has 1 aliphatic heterocycles. The topological polar surface area (TPSA) is 42.4 Å². The van der Waals surface area contributed by atoms with Crippen LogP contribution in [0.4, 0.5) is 0 Å². The summed E-state index contributed by atoms with van der Waals surface area (Å²) in [4.78, 5) is 19.2. The maximum Gasteiger partial charge on any atom is 0.266 e. The van der Waals surface area contributed by atoms with E-state index in [-0.39, 0.29) is 12.1 Å². The van der Waals surface area contributed by atoms with Gasteiger partial charge in [-0.15, -0.1) is 11.3 Å². The first-order valence-electron chi connectivity index (χ1n) is 6.08. The van der Waals surface area contributed by atoms with Crippen LogP contribution in [0.25, 0.3) is 10.2 Å². The molecule has 0 bridgehead atoms. The number of amides is 1. The van der Waals surface area contributed by atoms with Gasteiger partial charge in [0, 0.05) is 19.9 Å². The fourth-order valence-electron chi connectivity index (χ4n) is 2.37. The van der Waals surface area contributed by atoms with Crippen LogP contribution in [0.3, 0.4) is 0 Å². The molecule has 1 amide bonds. The summed E-state index contributed by atoms with van der Waals surface area (Å²) in [5.74, 6) is 0.00316. The number of aromatic nitrogens is 1. The van der Waals surface area contributed by atoms with E-state index in [0.717, 1.165) is 29.6 Å². The van der Waals surface area contributed by atoms with Crippen molar-refractivity contribution in [3.63, 3.8) is 0 Å². The van der Waals surface area contributed by atoms with Gasteiger partial charge in [-0.1, -0.05) is 11.6 Å². The first-order valence-corrected chi connectivity index (χ1v) is 7.28. The molecule has 2 aromatic heterocycles. The first kappa shape index (κ1) is 12.8. The number of likely N-dealkylation sites (tertiary alicyclic amines) is 1. The third-order valence-corrected chi connectivity index (χ3v) is 4.88. The van der Waals surface area contributed by atoms with Crippen LogP contribution in [0.15, 0.2) is 18.3 Å². The Kier molecular flexibility index (Phi) is 3.43. The largest absolute Gasteiger partial charge is 0.362 e. The molecule has 3 rings (SSSR count). The van der Waals surface area contributed by atoms with Gasteiger partial charge in [0.05, 0.1) is 20.1 Å². The summed E-state index contributed by atoms with van der Waals surface area (Å²) in [5, 5.41) is 0.638. The zero-order valence-corrected chi connectivity index (χ0v) is 12.0. The molecule has 0 unspecified atom stereocenters. The van der Waals surface area contributed by atoms with Crippen LogP contribution in [0, 0.1) is 0 Å². The number of methoxy groups -OCH3 is 1. The number of hydrogen-bond acceptors (Lipinski definition) is 4. The van der Waals surface area contributed by atoms with E-state index in [9.17, 15) is 4.79 Å². The van der Waals surface area contributed by atoms with E-state index < -0.39 is 0 Å². The fourth-order valence-corrected chi connectivity index (χ4v) is 3.61. The number of nitrogens with zero attached hydrogens (tertiary/aromatic N) is 2. The Hall–Kier alpha value is -1.17. The molecule has 3 heterocycles. The van der Waals surface area contributed by atoms with Crippen molar-refractivity contribution in [1.29, 1.82) is 0 Å². The molecule has 1 saturated heterocycles. The van der Waals surface area contributed by atoms with Crippen molar-refractivity contribution in [1.82, 2.24) is 9.88 Å². The molecule has 0 spiro atoms. The van der Waals surface area contributed by atoms with Crippen LogP contribution in [-0.4, -0.2) is 35.7 Å². The third kappa shape index (κ3) is 2.22. The van der Waals surface area contributed by atoms with Gasteiger partial charge in [-0.25, -0.2) is 0 Å². The number of ether oxygens (including phenoxy) is 1. The molecule has 6 heteroatoms. The number of hydrogen-bond donors (Lipinski definition) is 0. The summed E-state index contributed by atoms with van der Waals surface area (Å²) in [7, 11) is 1.64. The molecule has 1 atom stereocenters. The van der Waals surface area contributed by atoms with Gasteiger partial charge in [0.1, 0.15) is 6.23 Å². The van der Waals surface area contributed by atoms with Gasteiger partial charge in [-0.05, 0) is 25.0 Å². The molecule has 0 aliphatic carbocycles. The number of carbonyl (C=O) groups excluding carboxylic acids is 1. The Bertz CT molecular complexity index is 628. The standard InChI is InChI=1S/C13H13ClN2O2S/c1-18-11-3-2-6-16(11)13(17)10-7-9-12(19-10)8(14)4-5-15-9/h4-5,7,11H,2-3,6H2,1H3/t11-/m1/s1. The molecule has 1 aliphatic rings. The van der Waals surface area contributed by atoms with Gasteiger partial charge < -0.3 is 9.64 Å². The minimum atomic E-state index is -0.110. The zero-order valence-electron chi connectivity index (χ0n) is 10.4. The lowest BCUT2D eigenvalue weighted by atomic mass is 10.3. The van der Waals surface area contributed by atoms with Gasteiger partial charge in [0.25, 0.3) is 5.91 Å². The SMILES string of the molecule is CO[C@@H]1CCCN1C(=O)c1cc2nccc(Cl)c2s1. The Morgan fingerprint density at radius 2 is 2.47 bits per heavy atom. The lowest BCUT2D eigenvalue weighted by molar-refractivity contribution is 0.00196. The second kappa shape index (κ2) is 5.07. The minimum absolute atomic E-state index is 0.00316. The molecule has 0 aromatic carbocycles. The molecule has 2 aromatic rings. The zero-order chi connectivity index (χ0) is 13.4. The average Bonchev–Trinajstić information content (AvgIpc) is 3.04. The van der Waals surface area contributed by atoms with Crippen molar-refractivity contribution in [2.45, 2.75) is 19.1 Å². The molecule has 0 radical (unpaired) electrons. The van der Waals surface area contributed by atoms with Crippen LogP contribution in [0.5, 0.6) is 0 Å². The number of carbonyl (C=O) groups is 1. The fraction of sp³-hybridized carbons (Fsp3) is 0.385. The third-order valence-electron chi connectivity index (χ3n) is 3.31. The summed E-state index contributed by atoms with van der Waals surface area (Å²) >= 11 is 7.50. The number of halogens is 1. The van der Waals surface area contributed by atoms with Gasteiger partial charge in [-0.3, -0.25) is 9.78 Å². The van der Waals surface area contributed by atoms with E-state index in [4.69, 9.17) is 16.3 Å². The molecule has 0 saturated carbocycles. The molecular formula is C13H13ClN2O2S. The Balaban J connectivity index is 1.95. The van der Waals surface area contributed by atoms with Crippen LogP contribution in [0.1, 0.15) is 22.5 Å². The highest BCUT2D eigenvalue weighted by Crippen LogP contribution is 2.32. The summed E-state index contributed by atoms with van der Waals surface area (Å²) in [6.07, 6.45) is 3.42. The molecular weight excluding hydrogens is 284 g/mol. The van der Waals surface area contributed by atoms with E-state index in [0.29, 0.717) is 9.90 Å². The Morgan fingerprint density at radius 3 is 3.21 bits per heavy atom. The highest BCUT2D eigenvalue weighted by atomic mass is 35.5. The predicted molar refractivity (Wildman–Crippen MR) is 75.7 cm³/mol. The quantitative estimate of drug-likeness (QED) is 0.855. The average molecular weight is 297 g/mol. The number of fused-ring (bicyclic) bond motifs is 1. The van der Waals surface area contributed by atoms with Gasteiger partial charge in [0.2, 0.25) is 0 Å². The summed E-state index contributed by atoms with van der Waals surface area (Å²) in [5.41, 5.74) is 0.772.